The SMILES string of the molecule is CNc1ccc(CN2CCCOCC2)cc1. The molecule has 0 amide bonds. The quantitative estimate of drug-likeness (QED) is 0.842. The molecule has 2 rings (SSSR count). The zero-order valence-corrected chi connectivity index (χ0v) is 9.91. The summed E-state index contributed by atoms with van der Waals surface area (Å²) in [5.41, 5.74) is 2.55. The number of nitrogens with zero attached hydrogens (tertiary/aromatic N) is 1. The van der Waals surface area contributed by atoms with Gasteiger partial charge in [0.05, 0.1) is 6.61 Å². The largest absolute Gasteiger partial charge is 0.388 e. The lowest BCUT2D eigenvalue weighted by atomic mass is 10.2. The molecule has 88 valence electrons. The third kappa shape index (κ3) is 3.22. The van der Waals surface area contributed by atoms with Crippen molar-refractivity contribution in [1.29, 1.82) is 0 Å². The van der Waals surface area contributed by atoms with Crippen LogP contribution in [-0.4, -0.2) is 38.3 Å². The Morgan fingerprint density at radius 2 is 2.00 bits per heavy atom. The Hall–Kier alpha value is -1.06. The average molecular weight is 220 g/mol. The van der Waals surface area contributed by atoms with Crippen LogP contribution >= 0.6 is 0 Å². The smallest absolute Gasteiger partial charge is 0.0593 e. The molecule has 0 unspecified atom stereocenters. The van der Waals surface area contributed by atoms with Crippen LogP contribution in [0.5, 0.6) is 0 Å². The summed E-state index contributed by atoms with van der Waals surface area (Å²) in [5, 5.41) is 3.13. The van der Waals surface area contributed by atoms with Crippen LogP contribution in [0.2, 0.25) is 0 Å². The Balaban J connectivity index is 1.91. The third-order valence-corrected chi connectivity index (χ3v) is 2.96. The van der Waals surface area contributed by atoms with Crippen molar-refractivity contribution >= 4 is 5.69 Å². The van der Waals surface area contributed by atoms with Crippen molar-refractivity contribution in [3.63, 3.8) is 0 Å². The first-order valence-electron chi connectivity index (χ1n) is 5.95. The summed E-state index contributed by atoms with van der Waals surface area (Å²) in [6, 6.07) is 8.64. The molecule has 1 aromatic rings. The average Bonchev–Trinajstić information content (AvgIpc) is 2.59. The van der Waals surface area contributed by atoms with E-state index in [1.807, 2.05) is 7.05 Å². The van der Waals surface area contributed by atoms with Gasteiger partial charge < -0.3 is 10.1 Å². The molecule has 1 saturated heterocycles. The molecule has 3 nitrogen and oxygen atoms in total. The standard InChI is InChI=1S/C13H20N2O/c1-14-13-5-3-12(4-6-13)11-15-7-2-9-16-10-8-15/h3-6,14H,2,7-11H2,1H3. The molecule has 0 aromatic heterocycles. The van der Waals surface area contributed by atoms with Gasteiger partial charge in [-0.2, -0.15) is 0 Å². The first-order chi connectivity index (χ1) is 7.88. The first kappa shape index (κ1) is 11.4. The van der Waals surface area contributed by atoms with E-state index < -0.39 is 0 Å². The van der Waals surface area contributed by atoms with Crippen molar-refractivity contribution in [3.8, 4) is 0 Å². The molecular weight excluding hydrogens is 200 g/mol. The lowest BCUT2D eigenvalue weighted by molar-refractivity contribution is 0.140. The van der Waals surface area contributed by atoms with Gasteiger partial charge in [0.15, 0.2) is 0 Å². The van der Waals surface area contributed by atoms with Crippen LogP contribution in [-0.2, 0) is 11.3 Å². The fourth-order valence-corrected chi connectivity index (χ4v) is 1.99. The molecule has 1 aliphatic heterocycles. The van der Waals surface area contributed by atoms with Gasteiger partial charge in [-0.25, -0.2) is 0 Å². The number of ether oxygens (including phenoxy) is 1. The first-order valence-corrected chi connectivity index (χ1v) is 5.95. The monoisotopic (exact) mass is 220 g/mol. The van der Waals surface area contributed by atoms with Crippen LogP contribution < -0.4 is 5.32 Å². The molecule has 3 heteroatoms. The lowest BCUT2D eigenvalue weighted by Gasteiger charge is -2.19. The summed E-state index contributed by atoms with van der Waals surface area (Å²) in [4.78, 5) is 2.46. The van der Waals surface area contributed by atoms with Crippen molar-refractivity contribution in [2.45, 2.75) is 13.0 Å². The number of hydrogen-bond donors (Lipinski definition) is 1. The van der Waals surface area contributed by atoms with Gasteiger partial charge >= 0.3 is 0 Å². The number of nitrogens with one attached hydrogen (secondary N) is 1. The van der Waals surface area contributed by atoms with E-state index in [4.69, 9.17) is 4.74 Å². The van der Waals surface area contributed by atoms with E-state index in [1.54, 1.807) is 0 Å². The molecule has 0 aliphatic carbocycles. The van der Waals surface area contributed by atoms with Crippen LogP contribution in [0.1, 0.15) is 12.0 Å². The van der Waals surface area contributed by atoms with E-state index in [-0.39, 0.29) is 0 Å². The molecule has 1 aromatic carbocycles. The van der Waals surface area contributed by atoms with E-state index in [2.05, 4.69) is 34.5 Å². The molecule has 0 saturated carbocycles. The van der Waals surface area contributed by atoms with E-state index in [9.17, 15) is 0 Å². The van der Waals surface area contributed by atoms with Crippen LogP contribution in [0, 0.1) is 0 Å². The minimum Gasteiger partial charge on any atom is -0.388 e. The van der Waals surface area contributed by atoms with Gasteiger partial charge in [0.2, 0.25) is 0 Å². The van der Waals surface area contributed by atoms with Crippen LogP contribution in [0.4, 0.5) is 5.69 Å². The normalized spacial score (nSPS) is 18.1. The van der Waals surface area contributed by atoms with Crippen molar-refractivity contribution in [1.82, 2.24) is 4.90 Å². The highest BCUT2D eigenvalue weighted by Gasteiger charge is 2.09. The molecule has 0 bridgehead atoms. The zero-order chi connectivity index (χ0) is 11.2. The summed E-state index contributed by atoms with van der Waals surface area (Å²) < 4.78 is 5.45. The highest BCUT2D eigenvalue weighted by molar-refractivity contribution is 5.43. The molecule has 16 heavy (non-hydrogen) atoms. The summed E-state index contributed by atoms with van der Waals surface area (Å²) in [6.45, 7) is 5.01. The molecule has 0 spiro atoms. The van der Waals surface area contributed by atoms with Gasteiger partial charge in [-0.3, -0.25) is 4.90 Å². The van der Waals surface area contributed by atoms with Crippen LogP contribution in [0.3, 0.4) is 0 Å². The molecule has 1 aliphatic rings. The molecular formula is C13H20N2O. The summed E-state index contributed by atoms with van der Waals surface area (Å²) in [5.74, 6) is 0. The second-order valence-electron chi connectivity index (χ2n) is 4.19. The zero-order valence-electron chi connectivity index (χ0n) is 9.91. The number of hydrogen-bond acceptors (Lipinski definition) is 3. The van der Waals surface area contributed by atoms with Crippen molar-refractivity contribution in [3.05, 3.63) is 29.8 Å². The maximum absolute atomic E-state index is 5.45. The second-order valence-corrected chi connectivity index (χ2v) is 4.19. The van der Waals surface area contributed by atoms with Crippen molar-refractivity contribution in [2.75, 3.05) is 38.7 Å². The molecule has 1 heterocycles. The van der Waals surface area contributed by atoms with Gasteiger partial charge in [0.25, 0.3) is 0 Å². The second kappa shape index (κ2) is 5.87. The predicted molar refractivity (Wildman–Crippen MR) is 66.7 cm³/mol. The van der Waals surface area contributed by atoms with Gasteiger partial charge in [-0.15, -0.1) is 0 Å². The Labute approximate surface area is 97.4 Å². The van der Waals surface area contributed by atoms with Gasteiger partial charge in [0, 0.05) is 39.0 Å². The van der Waals surface area contributed by atoms with E-state index in [0.29, 0.717) is 0 Å². The Bertz CT molecular complexity index is 302. The van der Waals surface area contributed by atoms with Gasteiger partial charge in [-0.05, 0) is 24.1 Å². The minimum absolute atomic E-state index is 0.870. The lowest BCUT2D eigenvalue weighted by Crippen LogP contribution is -2.25. The highest BCUT2D eigenvalue weighted by Crippen LogP contribution is 2.11. The van der Waals surface area contributed by atoms with E-state index in [0.717, 1.165) is 39.3 Å². The molecule has 0 atom stereocenters. The van der Waals surface area contributed by atoms with Gasteiger partial charge in [-0.1, -0.05) is 12.1 Å². The third-order valence-electron chi connectivity index (χ3n) is 2.96. The van der Waals surface area contributed by atoms with Crippen molar-refractivity contribution < 1.29 is 4.74 Å². The Morgan fingerprint density at radius 3 is 2.75 bits per heavy atom. The number of anilines is 1. The molecule has 1 fully saturated rings. The summed E-state index contributed by atoms with van der Waals surface area (Å²) in [7, 11) is 1.95. The van der Waals surface area contributed by atoms with Crippen molar-refractivity contribution in [2.24, 2.45) is 0 Å². The Kier molecular flexibility index (Phi) is 4.19. The van der Waals surface area contributed by atoms with E-state index in [1.165, 1.54) is 11.3 Å². The van der Waals surface area contributed by atoms with Crippen LogP contribution in [0.15, 0.2) is 24.3 Å². The fraction of sp³-hybridized carbons (Fsp3) is 0.538. The molecule has 1 N–H and O–H groups in total. The highest BCUT2D eigenvalue weighted by atomic mass is 16.5. The van der Waals surface area contributed by atoms with Gasteiger partial charge in [0.1, 0.15) is 0 Å². The molecule has 0 radical (unpaired) electrons. The van der Waals surface area contributed by atoms with E-state index >= 15 is 0 Å². The Morgan fingerprint density at radius 1 is 1.19 bits per heavy atom. The summed E-state index contributed by atoms with van der Waals surface area (Å²) in [6.07, 6.45) is 1.15. The van der Waals surface area contributed by atoms with Crippen LogP contribution in [0.25, 0.3) is 0 Å². The maximum Gasteiger partial charge on any atom is 0.0593 e. The number of rotatable bonds is 3. The fourth-order valence-electron chi connectivity index (χ4n) is 1.99. The minimum atomic E-state index is 0.870. The predicted octanol–water partition coefficient (Wildman–Crippen LogP) is 1.95. The summed E-state index contributed by atoms with van der Waals surface area (Å²) >= 11 is 0. The topological polar surface area (TPSA) is 24.5 Å². The maximum atomic E-state index is 5.45. The number of benzene rings is 1.